The zero-order chi connectivity index (χ0) is 18.4. The van der Waals surface area contributed by atoms with Crippen LogP contribution in [0.25, 0.3) is 0 Å². The highest BCUT2D eigenvalue weighted by atomic mass is 16.2. The van der Waals surface area contributed by atoms with Gasteiger partial charge >= 0.3 is 0 Å². The minimum Gasteiger partial charge on any atom is -0.322 e. The molecule has 0 fully saturated rings. The van der Waals surface area contributed by atoms with Crippen molar-refractivity contribution in [2.45, 2.75) is 0 Å². The number of hydrogen-bond donors (Lipinski definition) is 2. The highest BCUT2D eigenvalue weighted by molar-refractivity contribution is 6.07. The standard InChI is InChI=1S/C21H15N3O2/c22-14-15-5-4-8-19(13-15)24-21(26)17-11-9-16(10-12-17)20(25)23-18-6-2-1-3-7-18/h1-13H,(H,23,25)(H,24,26). The Hall–Kier alpha value is -3.91. The van der Waals surface area contributed by atoms with Gasteiger partial charge < -0.3 is 10.6 Å². The number of nitrogens with zero attached hydrogens (tertiary/aromatic N) is 1. The third-order valence-electron chi connectivity index (χ3n) is 3.69. The second kappa shape index (κ2) is 7.77. The molecule has 0 atom stereocenters. The van der Waals surface area contributed by atoms with Gasteiger partial charge in [0.05, 0.1) is 11.6 Å². The average Bonchev–Trinajstić information content (AvgIpc) is 2.69. The Morgan fingerprint density at radius 2 is 1.23 bits per heavy atom. The summed E-state index contributed by atoms with van der Waals surface area (Å²) in [7, 11) is 0. The minimum absolute atomic E-state index is 0.245. The molecule has 0 heterocycles. The molecule has 0 aliphatic heterocycles. The fraction of sp³-hybridized carbons (Fsp3) is 0. The SMILES string of the molecule is N#Cc1cccc(NC(=O)c2ccc(C(=O)Nc3ccccc3)cc2)c1. The molecule has 5 nitrogen and oxygen atoms in total. The molecule has 0 spiro atoms. The molecular weight excluding hydrogens is 326 g/mol. The third kappa shape index (κ3) is 4.13. The summed E-state index contributed by atoms with van der Waals surface area (Å²) in [4.78, 5) is 24.5. The lowest BCUT2D eigenvalue weighted by molar-refractivity contribution is 0.101. The van der Waals surface area contributed by atoms with E-state index in [0.717, 1.165) is 0 Å². The lowest BCUT2D eigenvalue weighted by Gasteiger charge is -2.07. The van der Waals surface area contributed by atoms with Crippen molar-refractivity contribution >= 4 is 23.2 Å². The van der Waals surface area contributed by atoms with E-state index >= 15 is 0 Å². The van der Waals surface area contributed by atoms with Gasteiger partial charge in [0.15, 0.2) is 0 Å². The Labute approximate surface area is 150 Å². The van der Waals surface area contributed by atoms with Crippen LogP contribution in [0, 0.1) is 11.3 Å². The number of rotatable bonds is 4. The van der Waals surface area contributed by atoms with Crippen molar-refractivity contribution in [3.8, 4) is 6.07 Å². The molecule has 0 saturated heterocycles. The summed E-state index contributed by atoms with van der Waals surface area (Å²) in [6.07, 6.45) is 0. The molecule has 5 heteroatoms. The van der Waals surface area contributed by atoms with Crippen molar-refractivity contribution in [1.82, 2.24) is 0 Å². The van der Waals surface area contributed by atoms with E-state index < -0.39 is 0 Å². The zero-order valence-electron chi connectivity index (χ0n) is 13.8. The molecule has 0 unspecified atom stereocenters. The van der Waals surface area contributed by atoms with Gasteiger partial charge in [0.1, 0.15) is 0 Å². The van der Waals surface area contributed by atoms with E-state index in [4.69, 9.17) is 5.26 Å². The molecule has 0 aliphatic carbocycles. The Morgan fingerprint density at radius 3 is 1.81 bits per heavy atom. The fourth-order valence-corrected chi connectivity index (χ4v) is 2.37. The number of para-hydroxylation sites is 1. The summed E-state index contributed by atoms with van der Waals surface area (Å²) in [6.45, 7) is 0. The molecule has 126 valence electrons. The van der Waals surface area contributed by atoms with E-state index in [1.165, 1.54) is 0 Å². The topological polar surface area (TPSA) is 82.0 Å². The van der Waals surface area contributed by atoms with Crippen molar-refractivity contribution in [3.63, 3.8) is 0 Å². The number of carbonyl (C=O) groups excluding carboxylic acids is 2. The first kappa shape index (κ1) is 16.9. The van der Waals surface area contributed by atoms with E-state index in [0.29, 0.717) is 28.1 Å². The summed E-state index contributed by atoms with van der Waals surface area (Å²) in [5, 5.41) is 14.4. The summed E-state index contributed by atoms with van der Waals surface area (Å²) < 4.78 is 0. The van der Waals surface area contributed by atoms with Gasteiger partial charge in [0.25, 0.3) is 11.8 Å². The van der Waals surface area contributed by atoms with Gasteiger partial charge in [0, 0.05) is 22.5 Å². The van der Waals surface area contributed by atoms with Gasteiger partial charge in [0.2, 0.25) is 0 Å². The highest BCUT2D eigenvalue weighted by Gasteiger charge is 2.10. The zero-order valence-corrected chi connectivity index (χ0v) is 13.8. The van der Waals surface area contributed by atoms with Gasteiger partial charge in [-0.3, -0.25) is 9.59 Å². The van der Waals surface area contributed by atoms with E-state index in [2.05, 4.69) is 10.6 Å². The predicted molar refractivity (Wildman–Crippen MR) is 99.9 cm³/mol. The summed E-state index contributed by atoms with van der Waals surface area (Å²) in [5.41, 5.74) is 2.59. The van der Waals surface area contributed by atoms with Gasteiger partial charge in [-0.1, -0.05) is 24.3 Å². The lowest BCUT2D eigenvalue weighted by atomic mass is 10.1. The van der Waals surface area contributed by atoms with Gasteiger partial charge in [-0.15, -0.1) is 0 Å². The maximum Gasteiger partial charge on any atom is 0.255 e. The normalized spacial score (nSPS) is 9.81. The molecule has 0 radical (unpaired) electrons. The van der Waals surface area contributed by atoms with Crippen LogP contribution in [0.3, 0.4) is 0 Å². The first-order chi connectivity index (χ1) is 12.7. The van der Waals surface area contributed by atoms with Crippen LogP contribution in [-0.4, -0.2) is 11.8 Å². The third-order valence-corrected chi connectivity index (χ3v) is 3.69. The van der Waals surface area contributed by atoms with E-state index in [1.807, 2.05) is 24.3 Å². The van der Waals surface area contributed by atoms with Crippen molar-refractivity contribution in [3.05, 3.63) is 95.6 Å². The lowest BCUT2D eigenvalue weighted by Crippen LogP contribution is -2.14. The van der Waals surface area contributed by atoms with Crippen LogP contribution in [0.2, 0.25) is 0 Å². The Balaban J connectivity index is 1.67. The predicted octanol–water partition coefficient (Wildman–Crippen LogP) is 4.06. The molecule has 26 heavy (non-hydrogen) atoms. The molecule has 0 saturated carbocycles. The van der Waals surface area contributed by atoms with Gasteiger partial charge in [-0.2, -0.15) is 5.26 Å². The number of anilines is 2. The number of amides is 2. The molecular formula is C21H15N3O2. The molecule has 3 aromatic rings. The molecule has 2 N–H and O–H groups in total. The Morgan fingerprint density at radius 1 is 0.692 bits per heavy atom. The molecule has 3 rings (SSSR count). The largest absolute Gasteiger partial charge is 0.322 e. The summed E-state index contributed by atoms with van der Waals surface area (Å²) in [5.74, 6) is -0.556. The minimum atomic E-state index is -0.310. The first-order valence-corrected chi connectivity index (χ1v) is 7.94. The van der Waals surface area contributed by atoms with Crippen molar-refractivity contribution in [2.24, 2.45) is 0 Å². The maximum absolute atomic E-state index is 12.3. The first-order valence-electron chi connectivity index (χ1n) is 7.94. The van der Waals surface area contributed by atoms with Crippen LogP contribution in [0.5, 0.6) is 0 Å². The molecule has 0 aromatic heterocycles. The molecule has 3 aromatic carbocycles. The number of benzene rings is 3. The summed E-state index contributed by atoms with van der Waals surface area (Å²) >= 11 is 0. The average molecular weight is 341 g/mol. The van der Waals surface area contributed by atoms with Crippen molar-refractivity contribution in [1.29, 1.82) is 5.26 Å². The van der Waals surface area contributed by atoms with Crippen molar-refractivity contribution < 1.29 is 9.59 Å². The van der Waals surface area contributed by atoms with Crippen LogP contribution in [0.4, 0.5) is 11.4 Å². The van der Waals surface area contributed by atoms with Crippen LogP contribution >= 0.6 is 0 Å². The second-order valence-electron chi connectivity index (χ2n) is 5.54. The van der Waals surface area contributed by atoms with Crippen LogP contribution < -0.4 is 10.6 Å². The van der Waals surface area contributed by atoms with Gasteiger partial charge in [-0.25, -0.2) is 0 Å². The monoisotopic (exact) mass is 341 g/mol. The number of carbonyl (C=O) groups is 2. The van der Waals surface area contributed by atoms with Crippen LogP contribution in [0.15, 0.2) is 78.9 Å². The van der Waals surface area contributed by atoms with Crippen LogP contribution in [-0.2, 0) is 0 Å². The Kier molecular flexibility index (Phi) is 5.06. The smallest absolute Gasteiger partial charge is 0.255 e. The van der Waals surface area contributed by atoms with Crippen LogP contribution in [0.1, 0.15) is 26.3 Å². The van der Waals surface area contributed by atoms with E-state index in [1.54, 1.807) is 60.7 Å². The van der Waals surface area contributed by atoms with E-state index in [9.17, 15) is 9.59 Å². The number of nitriles is 1. The summed E-state index contributed by atoms with van der Waals surface area (Å²) in [6, 6.07) is 24.2. The number of hydrogen-bond acceptors (Lipinski definition) is 3. The molecule has 0 aliphatic rings. The fourth-order valence-electron chi connectivity index (χ4n) is 2.37. The number of nitrogens with one attached hydrogen (secondary N) is 2. The highest BCUT2D eigenvalue weighted by Crippen LogP contribution is 2.13. The second-order valence-corrected chi connectivity index (χ2v) is 5.54. The molecule has 2 amide bonds. The van der Waals surface area contributed by atoms with Gasteiger partial charge in [-0.05, 0) is 54.6 Å². The van der Waals surface area contributed by atoms with E-state index in [-0.39, 0.29) is 11.8 Å². The maximum atomic E-state index is 12.3. The Bertz CT molecular complexity index is 974. The van der Waals surface area contributed by atoms with Crippen molar-refractivity contribution in [2.75, 3.05) is 10.6 Å². The molecule has 0 bridgehead atoms. The quantitative estimate of drug-likeness (QED) is 0.750.